The van der Waals surface area contributed by atoms with E-state index in [1.807, 2.05) is 0 Å². The maximum Gasteiger partial charge on any atom is 0.159 e. The first kappa shape index (κ1) is 28.0. The van der Waals surface area contributed by atoms with Crippen LogP contribution in [0.3, 0.4) is 0 Å². The van der Waals surface area contributed by atoms with E-state index in [9.17, 15) is 0 Å². The number of para-hydroxylation sites is 5. The van der Waals surface area contributed by atoms with E-state index < -0.39 is 0 Å². The van der Waals surface area contributed by atoms with Crippen LogP contribution in [0, 0.1) is 0 Å². The van der Waals surface area contributed by atoms with Crippen molar-refractivity contribution in [3.05, 3.63) is 182 Å². The molecular weight excluding hydrogens is 621 g/mol. The Morgan fingerprint density at radius 2 is 0.882 bits per heavy atom. The van der Waals surface area contributed by atoms with Crippen molar-refractivity contribution in [2.45, 2.75) is 0 Å². The van der Waals surface area contributed by atoms with Crippen LogP contribution in [0.4, 0.5) is 0 Å². The molecule has 3 aromatic heterocycles. The van der Waals surface area contributed by atoms with Crippen molar-refractivity contribution in [1.82, 2.24) is 9.13 Å². The number of furan rings is 1. The maximum atomic E-state index is 6.91. The number of hydrogen-bond acceptors (Lipinski definition) is 1. The first-order chi connectivity index (χ1) is 25.3. The van der Waals surface area contributed by atoms with Crippen LogP contribution in [-0.2, 0) is 0 Å². The molecule has 3 heterocycles. The van der Waals surface area contributed by atoms with Gasteiger partial charge in [0.2, 0.25) is 0 Å². The molecule has 0 unspecified atom stereocenters. The Morgan fingerprint density at radius 3 is 1.69 bits per heavy atom. The molecule has 3 nitrogen and oxygen atoms in total. The maximum absolute atomic E-state index is 6.91. The van der Waals surface area contributed by atoms with Crippen LogP contribution in [0.25, 0.3) is 99.2 Å². The zero-order valence-corrected chi connectivity index (χ0v) is 27.6. The molecule has 0 spiro atoms. The third kappa shape index (κ3) is 4.12. The first-order valence-electron chi connectivity index (χ1n) is 17.4. The molecule has 51 heavy (non-hydrogen) atoms. The Labute approximate surface area is 293 Å². The molecule has 11 rings (SSSR count). The van der Waals surface area contributed by atoms with Crippen LogP contribution in [-0.4, -0.2) is 9.13 Å². The van der Waals surface area contributed by atoms with E-state index in [1.165, 1.54) is 43.7 Å². The van der Waals surface area contributed by atoms with Gasteiger partial charge in [0.05, 0.1) is 27.8 Å². The number of rotatable bonds is 4. The molecule has 0 aliphatic heterocycles. The zero-order chi connectivity index (χ0) is 33.5. The number of fused-ring (bicyclic) bond motifs is 9. The van der Waals surface area contributed by atoms with Gasteiger partial charge in [-0.25, -0.2) is 0 Å². The van der Waals surface area contributed by atoms with Crippen LogP contribution in [0.1, 0.15) is 0 Å². The van der Waals surface area contributed by atoms with Crippen molar-refractivity contribution in [1.29, 1.82) is 0 Å². The second kappa shape index (κ2) is 10.8. The van der Waals surface area contributed by atoms with E-state index in [1.54, 1.807) is 0 Å². The summed E-state index contributed by atoms with van der Waals surface area (Å²) in [5, 5.41) is 7.17. The lowest BCUT2D eigenvalue weighted by Crippen LogP contribution is -1.94. The molecule has 0 N–H and O–H groups in total. The third-order valence-electron chi connectivity index (χ3n) is 10.5. The van der Waals surface area contributed by atoms with Gasteiger partial charge in [0.1, 0.15) is 5.58 Å². The minimum atomic E-state index is 0.888. The van der Waals surface area contributed by atoms with Gasteiger partial charge in [-0.05, 0) is 65.2 Å². The van der Waals surface area contributed by atoms with E-state index in [2.05, 4.69) is 191 Å². The van der Waals surface area contributed by atoms with Gasteiger partial charge in [-0.2, -0.15) is 0 Å². The lowest BCUT2D eigenvalue weighted by molar-refractivity contribution is 0.667. The summed E-state index contributed by atoms with van der Waals surface area (Å²) in [5.74, 6) is 0. The second-order valence-corrected chi connectivity index (χ2v) is 13.3. The highest BCUT2D eigenvalue weighted by Crippen LogP contribution is 2.42. The number of aromatic nitrogens is 2. The molecule has 0 bridgehead atoms. The summed E-state index contributed by atoms with van der Waals surface area (Å²) in [6, 6.07) is 65.3. The Kier molecular flexibility index (Phi) is 5.96. The highest BCUT2D eigenvalue weighted by Gasteiger charge is 2.20. The monoisotopic (exact) mass is 650 g/mol. The van der Waals surface area contributed by atoms with Crippen molar-refractivity contribution in [3.8, 4) is 33.6 Å². The summed E-state index contributed by atoms with van der Waals surface area (Å²) in [6.07, 6.45) is 0. The van der Waals surface area contributed by atoms with E-state index in [-0.39, 0.29) is 0 Å². The number of nitrogens with zero attached hydrogens (tertiary/aromatic N) is 2. The van der Waals surface area contributed by atoms with Gasteiger partial charge < -0.3 is 13.6 Å². The van der Waals surface area contributed by atoms with Crippen LogP contribution >= 0.6 is 0 Å². The molecule has 0 atom stereocenters. The molecule has 0 saturated carbocycles. The van der Waals surface area contributed by atoms with Crippen molar-refractivity contribution >= 4 is 65.6 Å². The minimum Gasteiger partial charge on any atom is -0.453 e. The lowest BCUT2D eigenvalue weighted by Gasteiger charge is -2.10. The molecule has 0 fully saturated rings. The fourth-order valence-electron chi connectivity index (χ4n) is 8.24. The van der Waals surface area contributed by atoms with Gasteiger partial charge in [-0.1, -0.05) is 133 Å². The van der Waals surface area contributed by atoms with E-state index in [0.717, 1.165) is 55.5 Å². The average Bonchev–Trinajstić information content (AvgIpc) is 3.86. The molecule has 11 aromatic rings. The van der Waals surface area contributed by atoms with E-state index in [4.69, 9.17) is 4.42 Å². The normalized spacial score (nSPS) is 11.9. The van der Waals surface area contributed by atoms with E-state index in [0.29, 0.717) is 0 Å². The smallest absolute Gasteiger partial charge is 0.159 e. The SMILES string of the molecule is c1ccc(-c2cccc3c2oc2c(-n4c5ccccc5c5ccc(-c6ccc7c(c6)c6ccccc6n7-c6ccccc6)cc54)cccc23)cc1. The van der Waals surface area contributed by atoms with Gasteiger partial charge in [0, 0.05) is 43.6 Å². The summed E-state index contributed by atoms with van der Waals surface area (Å²) in [4.78, 5) is 0. The average molecular weight is 651 g/mol. The molecule has 238 valence electrons. The predicted molar refractivity (Wildman–Crippen MR) is 213 cm³/mol. The molecule has 0 amide bonds. The van der Waals surface area contributed by atoms with Gasteiger partial charge in [-0.3, -0.25) is 0 Å². The molecule has 0 aliphatic carbocycles. The molecule has 0 radical (unpaired) electrons. The van der Waals surface area contributed by atoms with Crippen LogP contribution < -0.4 is 0 Å². The quantitative estimate of drug-likeness (QED) is 0.186. The molecule has 0 aliphatic rings. The Bertz CT molecular complexity index is 3130. The zero-order valence-electron chi connectivity index (χ0n) is 27.6. The standard InChI is InChI=1S/C48H30N2O/c1-3-13-31(14-4-1)35-19-11-20-39-40-21-12-24-45(48(40)51-47(35)39)50-43-23-10-7-17-36(43)38-27-25-33(30-46(38)50)32-26-28-44-41(29-32)37-18-8-9-22-42(37)49(44)34-15-5-2-6-16-34/h1-30H. The summed E-state index contributed by atoms with van der Waals surface area (Å²) in [5.41, 5.74) is 13.3. The predicted octanol–water partition coefficient (Wildman–Crippen LogP) is 13.1. The topological polar surface area (TPSA) is 23.0 Å². The Hall–Kier alpha value is -6.84. The van der Waals surface area contributed by atoms with Crippen molar-refractivity contribution in [2.75, 3.05) is 0 Å². The van der Waals surface area contributed by atoms with Gasteiger partial charge in [0.25, 0.3) is 0 Å². The van der Waals surface area contributed by atoms with Gasteiger partial charge in [-0.15, -0.1) is 0 Å². The summed E-state index contributed by atoms with van der Waals surface area (Å²) in [7, 11) is 0. The fourth-order valence-corrected chi connectivity index (χ4v) is 8.24. The first-order valence-corrected chi connectivity index (χ1v) is 17.4. The Balaban J connectivity index is 1.15. The number of benzene rings is 8. The van der Waals surface area contributed by atoms with Crippen molar-refractivity contribution < 1.29 is 4.42 Å². The van der Waals surface area contributed by atoms with Gasteiger partial charge >= 0.3 is 0 Å². The van der Waals surface area contributed by atoms with Gasteiger partial charge in [0.15, 0.2) is 5.58 Å². The molecule has 8 aromatic carbocycles. The second-order valence-electron chi connectivity index (χ2n) is 13.3. The van der Waals surface area contributed by atoms with Crippen molar-refractivity contribution in [2.24, 2.45) is 0 Å². The highest BCUT2D eigenvalue weighted by molar-refractivity contribution is 6.15. The summed E-state index contributed by atoms with van der Waals surface area (Å²) < 4.78 is 11.7. The highest BCUT2D eigenvalue weighted by atomic mass is 16.3. The molecular formula is C48H30N2O. The van der Waals surface area contributed by atoms with E-state index >= 15 is 0 Å². The van der Waals surface area contributed by atoms with Crippen molar-refractivity contribution in [3.63, 3.8) is 0 Å². The van der Waals surface area contributed by atoms with Crippen LogP contribution in [0.15, 0.2) is 186 Å². The fraction of sp³-hybridized carbons (Fsp3) is 0. The molecule has 0 saturated heterocycles. The lowest BCUT2D eigenvalue weighted by atomic mass is 10.0. The summed E-state index contributed by atoms with van der Waals surface area (Å²) >= 11 is 0. The minimum absolute atomic E-state index is 0.888. The largest absolute Gasteiger partial charge is 0.453 e. The number of hydrogen-bond donors (Lipinski definition) is 0. The molecule has 3 heteroatoms. The third-order valence-corrected chi connectivity index (χ3v) is 10.5. The van der Waals surface area contributed by atoms with Crippen LogP contribution in [0.5, 0.6) is 0 Å². The Morgan fingerprint density at radius 1 is 0.314 bits per heavy atom. The summed E-state index contributed by atoms with van der Waals surface area (Å²) in [6.45, 7) is 0. The van der Waals surface area contributed by atoms with Crippen LogP contribution in [0.2, 0.25) is 0 Å².